The molecule has 0 N–H and O–H groups in total. The van der Waals surface area contributed by atoms with E-state index in [-0.39, 0.29) is 23.9 Å². The second kappa shape index (κ2) is 8.08. The molecule has 1 aromatic heterocycles. The van der Waals surface area contributed by atoms with Crippen molar-refractivity contribution in [1.82, 2.24) is 0 Å². The van der Waals surface area contributed by atoms with E-state index in [1.54, 1.807) is 26.0 Å². The molecule has 3 aromatic rings. The van der Waals surface area contributed by atoms with Crippen LogP contribution in [0.4, 0.5) is 0 Å². The Balaban J connectivity index is 2.10. The molecule has 5 nitrogen and oxygen atoms in total. The highest BCUT2D eigenvalue weighted by molar-refractivity contribution is 5.83. The zero-order chi connectivity index (χ0) is 19.4. The number of benzene rings is 2. The van der Waals surface area contributed by atoms with Gasteiger partial charge in [0.15, 0.2) is 12.4 Å². The zero-order valence-electron chi connectivity index (χ0n) is 15.7. The van der Waals surface area contributed by atoms with Crippen molar-refractivity contribution in [2.75, 3.05) is 6.61 Å². The monoisotopic (exact) mass is 366 g/mol. The van der Waals surface area contributed by atoms with Gasteiger partial charge in [0, 0.05) is 5.56 Å². The van der Waals surface area contributed by atoms with Crippen molar-refractivity contribution in [3.05, 3.63) is 64.3 Å². The van der Waals surface area contributed by atoms with Crippen LogP contribution in [-0.2, 0) is 16.0 Å². The fourth-order valence-electron chi connectivity index (χ4n) is 2.78. The number of ether oxygens (including phenoxy) is 2. The van der Waals surface area contributed by atoms with Crippen LogP contribution in [0.15, 0.2) is 57.7 Å². The van der Waals surface area contributed by atoms with Crippen LogP contribution in [0.5, 0.6) is 5.75 Å². The lowest BCUT2D eigenvalue weighted by Crippen LogP contribution is -2.21. The van der Waals surface area contributed by atoms with E-state index in [2.05, 4.69) is 0 Å². The van der Waals surface area contributed by atoms with Crippen LogP contribution in [0.2, 0.25) is 0 Å². The normalized spacial score (nSPS) is 11.0. The third-order valence-corrected chi connectivity index (χ3v) is 4.06. The molecule has 5 heteroatoms. The minimum atomic E-state index is -0.536. The lowest BCUT2D eigenvalue weighted by Gasteiger charge is -2.13. The van der Waals surface area contributed by atoms with Crippen LogP contribution >= 0.6 is 0 Å². The standard InChI is InChI=1S/C22H22O5/c1-4-15-10-11-18-17(12-15)20(24)22(25-13-19(23)26-14(2)3)21(27-18)16-8-6-5-7-9-16/h5-12,14H,4,13H2,1-3H3. The van der Waals surface area contributed by atoms with E-state index in [1.807, 2.05) is 43.3 Å². The van der Waals surface area contributed by atoms with Crippen molar-refractivity contribution in [3.63, 3.8) is 0 Å². The van der Waals surface area contributed by atoms with Crippen LogP contribution < -0.4 is 10.2 Å². The first-order valence-corrected chi connectivity index (χ1v) is 8.97. The number of rotatable bonds is 6. The summed E-state index contributed by atoms with van der Waals surface area (Å²) in [6, 6.07) is 14.7. The molecule has 0 atom stereocenters. The fourth-order valence-corrected chi connectivity index (χ4v) is 2.78. The molecule has 0 saturated carbocycles. The van der Waals surface area contributed by atoms with Gasteiger partial charge in [-0.3, -0.25) is 4.79 Å². The van der Waals surface area contributed by atoms with Gasteiger partial charge in [0.2, 0.25) is 11.2 Å². The summed E-state index contributed by atoms with van der Waals surface area (Å²) in [6.45, 7) is 5.16. The molecule has 0 aliphatic carbocycles. The van der Waals surface area contributed by atoms with E-state index in [1.165, 1.54) is 0 Å². The molecular weight excluding hydrogens is 344 g/mol. The number of hydrogen-bond acceptors (Lipinski definition) is 5. The highest BCUT2D eigenvalue weighted by atomic mass is 16.6. The minimum absolute atomic E-state index is 0.0164. The van der Waals surface area contributed by atoms with Crippen LogP contribution in [0.25, 0.3) is 22.3 Å². The number of fused-ring (bicyclic) bond motifs is 1. The summed E-state index contributed by atoms with van der Waals surface area (Å²) in [5.74, 6) is -0.219. The Hall–Kier alpha value is -3.08. The van der Waals surface area contributed by atoms with Crippen molar-refractivity contribution in [1.29, 1.82) is 0 Å². The van der Waals surface area contributed by atoms with Crippen LogP contribution in [0, 0.1) is 0 Å². The minimum Gasteiger partial charge on any atom is -0.474 e. The van der Waals surface area contributed by atoms with Gasteiger partial charge in [-0.25, -0.2) is 4.79 Å². The molecule has 0 saturated heterocycles. The molecular formula is C22H22O5. The van der Waals surface area contributed by atoms with Crippen molar-refractivity contribution < 1.29 is 18.7 Å². The molecule has 140 valence electrons. The Morgan fingerprint density at radius 3 is 2.52 bits per heavy atom. The summed E-state index contributed by atoms with van der Waals surface area (Å²) in [5, 5.41) is 0.432. The van der Waals surface area contributed by atoms with E-state index in [9.17, 15) is 9.59 Å². The average Bonchev–Trinajstić information content (AvgIpc) is 2.67. The SMILES string of the molecule is CCc1ccc2oc(-c3ccccc3)c(OCC(=O)OC(C)C)c(=O)c2c1. The fraction of sp³-hybridized carbons (Fsp3) is 0.273. The molecule has 0 unspecified atom stereocenters. The summed E-state index contributed by atoms with van der Waals surface area (Å²) < 4.78 is 16.7. The van der Waals surface area contributed by atoms with Crippen molar-refractivity contribution in [2.24, 2.45) is 0 Å². The largest absolute Gasteiger partial charge is 0.474 e. The van der Waals surface area contributed by atoms with Crippen LogP contribution in [-0.4, -0.2) is 18.7 Å². The topological polar surface area (TPSA) is 65.7 Å². The molecule has 0 fully saturated rings. The molecule has 0 aliphatic heterocycles. The maximum atomic E-state index is 13.1. The number of aryl methyl sites for hydroxylation is 1. The second-order valence-electron chi connectivity index (χ2n) is 6.47. The van der Waals surface area contributed by atoms with E-state index < -0.39 is 5.97 Å². The average molecular weight is 366 g/mol. The van der Waals surface area contributed by atoms with E-state index >= 15 is 0 Å². The molecule has 0 amide bonds. The second-order valence-corrected chi connectivity index (χ2v) is 6.47. The quantitative estimate of drug-likeness (QED) is 0.607. The zero-order valence-corrected chi connectivity index (χ0v) is 15.7. The van der Waals surface area contributed by atoms with Gasteiger partial charge in [-0.05, 0) is 38.0 Å². The Labute approximate surface area is 157 Å². The molecule has 0 spiro atoms. The van der Waals surface area contributed by atoms with Crippen molar-refractivity contribution >= 4 is 16.9 Å². The first-order valence-electron chi connectivity index (χ1n) is 8.97. The maximum Gasteiger partial charge on any atom is 0.344 e. The molecule has 2 aromatic carbocycles. The van der Waals surface area contributed by atoms with Gasteiger partial charge in [0.25, 0.3) is 0 Å². The van der Waals surface area contributed by atoms with Gasteiger partial charge in [0.1, 0.15) is 5.58 Å². The number of hydrogen-bond donors (Lipinski definition) is 0. The van der Waals surface area contributed by atoms with Crippen molar-refractivity contribution in [2.45, 2.75) is 33.3 Å². The Kier molecular flexibility index (Phi) is 5.60. The van der Waals surface area contributed by atoms with E-state index in [0.29, 0.717) is 22.3 Å². The van der Waals surface area contributed by atoms with Crippen molar-refractivity contribution in [3.8, 4) is 17.1 Å². The number of esters is 1. The highest BCUT2D eigenvalue weighted by Gasteiger charge is 2.19. The van der Waals surface area contributed by atoms with Gasteiger partial charge < -0.3 is 13.9 Å². The van der Waals surface area contributed by atoms with Gasteiger partial charge in [0.05, 0.1) is 11.5 Å². The number of carbonyl (C=O) groups excluding carboxylic acids is 1. The van der Waals surface area contributed by atoms with Crippen LogP contribution in [0.3, 0.4) is 0 Å². The van der Waals surface area contributed by atoms with Gasteiger partial charge in [-0.15, -0.1) is 0 Å². The third-order valence-electron chi connectivity index (χ3n) is 4.06. The summed E-state index contributed by atoms with van der Waals surface area (Å²) in [4.78, 5) is 25.0. The van der Waals surface area contributed by atoms with Gasteiger partial charge in [-0.2, -0.15) is 0 Å². The first kappa shape index (κ1) is 18.7. The summed E-state index contributed by atoms with van der Waals surface area (Å²) in [5.41, 5.74) is 1.90. The number of carbonyl (C=O) groups is 1. The Morgan fingerprint density at radius 1 is 1.11 bits per heavy atom. The molecule has 27 heavy (non-hydrogen) atoms. The first-order chi connectivity index (χ1) is 13.0. The summed E-state index contributed by atoms with van der Waals surface area (Å²) in [7, 11) is 0. The molecule has 0 bridgehead atoms. The van der Waals surface area contributed by atoms with E-state index in [0.717, 1.165) is 12.0 Å². The van der Waals surface area contributed by atoms with Gasteiger partial charge >= 0.3 is 5.97 Å². The van der Waals surface area contributed by atoms with E-state index in [4.69, 9.17) is 13.9 Å². The predicted octanol–water partition coefficient (Wildman–Crippen LogP) is 4.35. The Morgan fingerprint density at radius 2 is 1.85 bits per heavy atom. The third kappa shape index (κ3) is 4.19. The lowest BCUT2D eigenvalue weighted by atomic mass is 10.1. The molecule has 0 radical (unpaired) electrons. The van der Waals surface area contributed by atoms with Gasteiger partial charge in [-0.1, -0.05) is 43.3 Å². The van der Waals surface area contributed by atoms with Crippen LogP contribution in [0.1, 0.15) is 26.3 Å². The summed E-state index contributed by atoms with van der Waals surface area (Å²) >= 11 is 0. The highest BCUT2D eigenvalue weighted by Crippen LogP contribution is 2.31. The maximum absolute atomic E-state index is 13.1. The predicted molar refractivity (Wildman–Crippen MR) is 104 cm³/mol. The lowest BCUT2D eigenvalue weighted by molar-refractivity contribution is -0.149. The summed E-state index contributed by atoms with van der Waals surface area (Å²) in [6.07, 6.45) is 0.544. The smallest absolute Gasteiger partial charge is 0.344 e. The molecule has 3 rings (SSSR count). The molecule has 1 heterocycles. The Bertz CT molecular complexity index is 1000. The molecule has 0 aliphatic rings.